The fourth-order valence-corrected chi connectivity index (χ4v) is 4.35. The van der Waals surface area contributed by atoms with E-state index in [2.05, 4.69) is 21.4 Å². The van der Waals surface area contributed by atoms with Gasteiger partial charge in [-0.1, -0.05) is 23.8 Å². The molecule has 1 aromatic carbocycles. The van der Waals surface area contributed by atoms with Crippen LogP contribution in [0.4, 0.5) is 4.39 Å². The van der Waals surface area contributed by atoms with Gasteiger partial charge in [-0.05, 0) is 55.9 Å². The molecule has 8 heteroatoms. The SMILES string of the molecule is COCc1nn2c(nnc3c(=O)n(CCC4=CCCCC4)ccc32)c1-c1ccc(F)cc1. The Balaban J connectivity index is 1.59. The highest BCUT2D eigenvalue weighted by Gasteiger charge is 2.19. The van der Waals surface area contributed by atoms with Crippen LogP contribution in [0.3, 0.4) is 0 Å². The molecular formula is C24H24FN5O2. The third-order valence-corrected chi connectivity index (χ3v) is 6.00. The fourth-order valence-electron chi connectivity index (χ4n) is 4.35. The van der Waals surface area contributed by atoms with Gasteiger partial charge in [0.15, 0.2) is 11.2 Å². The Kier molecular flexibility index (Phi) is 5.53. The lowest BCUT2D eigenvalue weighted by atomic mass is 9.97. The molecule has 0 atom stereocenters. The molecule has 0 spiro atoms. The Morgan fingerprint density at radius 2 is 1.97 bits per heavy atom. The Morgan fingerprint density at radius 1 is 1.12 bits per heavy atom. The number of aryl methyl sites for hydroxylation is 1. The molecule has 0 N–H and O–H groups in total. The molecule has 3 heterocycles. The number of rotatable bonds is 6. The van der Waals surface area contributed by atoms with Gasteiger partial charge in [0.2, 0.25) is 0 Å². The van der Waals surface area contributed by atoms with E-state index in [-0.39, 0.29) is 23.5 Å². The number of halogens is 1. The van der Waals surface area contributed by atoms with Gasteiger partial charge in [0.05, 0.1) is 17.9 Å². The van der Waals surface area contributed by atoms with Crippen molar-refractivity contribution < 1.29 is 9.13 Å². The molecule has 0 saturated carbocycles. The van der Waals surface area contributed by atoms with Crippen LogP contribution in [0, 0.1) is 5.82 Å². The normalized spacial score (nSPS) is 14.2. The van der Waals surface area contributed by atoms with E-state index in [0.29, 0.717) is 23.4 Å². The summed E-state index contributed by atoms with van der Waals surface area (Å²) in [7, 11) is 1.59. The van der Waals surface area contributed by atoms with E-state index in [1.165, 1.54) is 30.5 Å². The van der Waals surface area contributed by atoms with Crippen molar-refractivity contribution in [1.82, 2.24) is 24.4 Å². The van der Waals surface area contributed by atoms with Crippen molar-refractivity contribution in [2.45, 2.75) is 45.3 Å². The Labute approximate surface area is 184 Å². The Morgan fingerprint density at radius 3 is 2.72 bits per heavy atom. The quantitative estimate of drug-likeness (QED) is 0.424. The van der Waals surface area contributed by atoms with Crippen molar-refractivity contribution in [3.8, 4) is 11.1 Å². The highest BCUT2D eigenvalue weighted by molar-refractivity contribution is 5.84. The first-order chi connectivity index (χ1) is 15.7. The van der Waals surface area contributed by atoms with Gasteiger partial charge >= 0.3 is 0 Å². The zero-order valence-electron chi connectivity index (χ0n) is 17.9. The van der Waals surface area contributed by atoms with E-state index >= 15 is 0 Å². The highest BCUT2D eigenvalue weighted by atomic mass is 19.1. The lowest BCUT2D eigenvalue weighted by molar-refractivity contribution is 0.181. The average molecular weight is 433 g/mol. The third kappa shape index (κ3) is 3.71. The zero-order chi connectivity index (χ0) is 22.1. The first kappa shape index (κ1) is 20.5. The standard InChI is InChI=1S/C24H24FN5O2/c1-32-15-19-21(17-7-9-18(25)10-8-17)23-27-26-22-20(30(23)28-19)12-14-29(24(22)31)13-11-16-5-3-2-4-6-16/h5,7-10,12,14H,2-4,6,11,13,15H2,1H3. The fraction of sp³-hybridized carbons (Fsp3) is 0.333. The number of pyridine rings is 1. The molecule has 5 rings (SSSR count). The molecule has 3 aromatic heterocycles. The van der Waals surface area contributed by atoms with Crippen LogP contribution in [0.15, 0.2) is 53.0 Å². The van der Waals surface area contributed by atoms with Crippen LogP contribution in [0.1, 0.15) is 37.8 Å². The molecule has 7 nitrogen and oxygen atoms in total. The molecule has 1 aliphatic carbocycles. The average Bonchev–Trinajstić information content (AvgIpc) is 3.18. The number of methoxy groups -OCH3 is 1. The lowest BCUT2D eigenvalue weighted by Crippen LogP contribution is -2.22. The number of allylic oxidation sites excluding steroid dienone is 2. The van der Waals surface area contributed by atoms with Crippen molar-refractivity contribution in [2.24, 2.45) is 0 Å². The summed E-state index contributed by atoms with van der Waals surface area (Å²) in [5.41, 5.74) is 4.72. The Bertz CT molecular complexity index is 1370. The van der Waals surface area contributed by atoms with E-state index < -0.39 is 0 Å². The molecule has 0 unspecified atom stereocenters. The predicted molar refractivity (Wildman–Crippen MR) is 120 cm³/mol. The summed E-state index contributed by atoms with van der Waals surface area (Å²) in [6.07, 6.45) is 9.69. The number of benzene rings is 1. The summed E-state index contributed by atoms with van der Waals surface area (Å²) in [5, 5.41) is 13.3. The van der Waals surface area contributed by atoms with Gasteiger partial charge in [-0.3, -0.25) is 4.79 Å². The second-order valence-electron chi connectivity index (χ2n) is 8.10. The Hall–Kier alpha value is -3.39. The predicted octanol–water partition coefficient (Wildman–Crippen LogP) is 4.28. The van der Waals surface area contributed by atoms with Crippen LogP contribution in [0.25, 0.3) is 27.8 Å². The number of nitrogens with zero attached hydrogens (tertiary/aromatic N) is 5. The molecule has 0 bridgehead atoms. The molecule has 0 fully saturated rings. The van der Waals surface area contributed by atoms with Gasteiger partial charge in [-0.15, -0.1) is 10.2 Å². The van der Waals surface area contributed by atoms with Crippen molar-refractivity contribution >= 4 is 16.7 Å². The van der Waals surface area contributed by atoms with Crippen LogP contribution < -0.4 is 5.56 Å². The van der Waals surface area contributed by atoms with Crippen LogP contribution in [0.5, 0.6) is 0 Å². The highest BCUT2D eigenvalue weighted by Crippen LogP contribution is 2.29. The van der Waals surface area contributed by atoms with Crippen molar-refractivity contribution in [2.75, 3.05) is 7.11 Å². The molecule has 0 radical (unpaired) electrons. The van der Waals surface area contributed by atoms with Crippen molar-refractivity contribution in [3.63, 3.8) is 0 Å². The number of aromatic nitrogens is 5. The minimum atomic E-state index is -0.320. The van der Waals surface area contributed by atoms with E-state index in [0.717, 1.165) is 30.4 Å². The molecule has 0 saturated heterocycles. The van der Waals surface area contributed by atoms with Crippen molar-refractivity contribution in [3.05, 3.63) is 70.0 Å². The first-order valence-corrected chi connectivity index (χ1v) is 10.9. The molecule has 0 amide bonds. The summed E-state index contributed by atoms with van der Waals surface area (Å²) in [6, 6.07) is 7.99. The second-order valence-corrected chi connectivity index (χ2v) is 8.10. The van der Waals surface area contributed by atoms with Crippen molar-refractivity contribution in [1.29, 1.82) is 0 Å². The van der Waals surface area contributed by atoms with Gasteiger partial charge in [-0.2, -0.15) is 5.10 Å². The molecule has 1 aliphatic rings. The maximum Gasteiger partial charge on any atom is 0.280 e. The molecular weight excluding hydrogens is 409 g/mol. The number of ether oxygens (including phenoxy) is 1. The lowest BCUT2D eigenvalue weighted by Gasteiger charge is -2.13. The van der Waals surface area contributed by atoms with Gasteiger partial charge in [0, 0.05) is 19.9 Å². The largest absolute Gasteiger partial charge is 0.378 e. The van der Waals surface area contributed by atoms with Gasteiger partial charge in [-0.25, -0.2) is 8.91 Å². The van der Waals surface area contributed by atoms with E-state index in [1.54, 1.807) is 34.5 Å². The maximum absolute atomic E-state index is 13.4. The van der Waals surface area contributed by atoms with Gasteiger partial charge < -0.3 is 9.30 Å². The van der Waals surface area contributed by atoms with E-state index in [1.807, 2.05) is 6.07 Å². The summed E-state index contributed by atoms with van der Waals surface area (Å²) >= 11 is 0. The summed E-state index contributed by atoms with van der Waals surface area (Å²) in [4.78, 5) is 13.1. The first-order valence-electron chi connectivity index (χ1n) is 10.9. The van der Waals surface area contributed by atoms with Crippen LogP contribution in [-0.2, 0) is 17.9 Å². The second kappa shape index (κ2) is 8.63. The number of hydrogen-bond donors (Lipinski definition) is 0. The summed E-state index contributed by atoms with van der Waals surface area (Å²) in [6.45, 7) is 0.874. The zero-order valence-corrected chi connectivity index (χ0v) is 17.9. The smallest absolute Gasteiger partial charge is 0.280 e. The molecule has 164 valence electrons. The topological polar surface area (TPSA) is 74.3 Å². The summed E-state index contributed by atoms with van der Waals surface area (Å²) < 4.78 is 22.1. The molecule has 32 heavy (non-hydrogen) atoms. The van der Waals surface area contributed by atoms with Crippen LogP contribution in [0.2, 0.25) is 0 Å². The minimum absolute atomic E-state index is 0.180. The monoisotopic (exact) mass is 433 g/mol. The number of hydrogen-bond acceptors (Lipinski definition) is 5. The number of fused-ring (bicyclic) bond motifs is 3. The van der Waals surface area contributed by atoms with Crippen LogP contribution >= 0.6 is 0 Å². The third-order valence-electron chi connectivity index (χ3n) is 6.00. The van der Waals surface area contributed by atoms with E-state index in [4.69, 9.17) is 4.74 Å². The van der Waals surface area contributed by atoms with Crippen LogP contribution in [-0.4, -0.2) is 31.5 Å². The van der Waals surface area contributed by atoms with Gasteiger partial charge in [0.1, 0.15) is 11.3 Å². The summed E-state index contributed by atoms with van der Waals surface area (Å²) in [5.74, 6) is -0.320. The maximum atomic E-state index is 13.4. The van der Waals surface area contributed by atoms with Gasteiger partial charge in [0.25, 0.3) is 5.56 Å². The minimum Gasteiger partial charge on any atom is -0.378 e. The molecule has 4 aromatic rings. The van der Waals surface area contributed by atoms with E-state index in [9.17, 15) is 9.18 Å². The molecule has 0 aliphatic heterocycles.